The Morgan fingerprint density at radius 2 is 1.62 bits per heavy atom. The minimum absolute atomic E-state index is 0.0592. The molecule has 120 valence electrons. The van der Waals surface area contributed by atoms with E-state index in [-0.39, 0.29) is 5.78 Å². The molecule has 0 bridgehead atoms. The van der Waals surface area contributed by atoms with E-state index in [2.05, 4.69) is 0 Å². The Labute approximate surface area is 136 Å². The molecule has 0 N–H and O–H groups in total. The molecule has 0 atom stereocenters. The summed E-state index contributed by atoms with van der Waals surface area (Å²) in [6.07, 6.45) is -3.40. The van der Waals surface area contributed by atoms with Crippen molar-refractivity contribution in [2.24, 2.45) is 0 Å². The molecule has 0 radical (unpaired) electrons. The van der Waals surface area contributed by atoms with Crippen molar-refractivity contribution in [3.63, 3.8) is 0 Å². The summed E-state index contributed by atoms with van der Waals surface area (Å²) in [6.45, 7) is 0. The van der Waals surface area contributed by atoms with Gasteiger partial charge >= 0.3 is 6.18 Å². The predicted octanol–water partition coefficient (Wildman–Crippen LogP) is 5.65. The minimum Gasteiger partial charge on any atom is -0.294 e. The Balaban J connectivity index is 2.11. The van der Waals surface area contributed by atoms with E-state index in [0.29, 0.717) is 29.2 Å². The lowest BCUT2D eigenvalue weighted by molar-refractivity contribution is -0.137. The van der Waals surface area contributed by atoms with Gasteiger partial charge in [0, 0.05) is 12.0 Å². The van der Waals surface area contributed by atoms with Crippen molar-refractivity contribution < 1.29 is 18.0 Å². The van der Waals surface area contributed by atoms with Gasteiger partial charge < -0.3 is 0 Å². The molecule has 1 aliphatic rings. The number of carbonyl (C=O) groups excluding carboxylic acids is 1. The molecule has 0 heterocycles. The van der Waals surface area contributed by atoms with Gasteiger partial charge in [-0.1, -0.05) is 36.4 Å². The summed E-state index contributed by atoms with van der Waals surface area (Å²) < 4.78 is 39.4. The first-order chi connectivity index (χ1) is 11.4. The number of fused-ring (bicyclic) bond motifs is 2. The first-order valence-corrected chi connectivity index (χ1v) is 7.70. The molecule has 0 aromatic heterocycles. The second kappa shape index (κ2) is 5.20. The minimum atomic E-state index is -4.39. The molecule has 0 aliphatic heterocycles. The van der Waals surface area contributed by atoms with Crippen molar-refractivity contribution in [3.8, 4) is 11.1 Å². The molecule has 0 saturated heterocycles. The molecule has 24 heavy (non-hydrogen) atoms. The van der Waals surface area contributed by atoms with E-state index in [9.17, 15) is 18.0 Å². The smallest absolute Gasteiger partial charge is 0.294 e. The lowest BCUT2D eigenvalue weighted by Gasteiger charge is -2.15. The maximum atomic E-state index is 13.1. The standard InChI is InChI=1S/C20H13F3O/c21-20(22,23)14-7-6-13-10-17-15(8-9-18(17)24)19(16(13)11-14)12-4-2-1-3-5-12/h1-7,10-11H,8-9H2. The van der Waals surface area contributed by atoms with Crippen LogP contribution in [-0.2, 0) is 12.6 Å². The van der Waals surface area contributed by atoms with Crippen molar-refractivity contribution >= 4 is 16.6 Å². The highest BCUT2D eigenvalue weighted by Crippen LogP contribution is 2.41. The van der Waals surface area contributed by atoms with Crippen LogP contribution in [0.15, 0.2) is 54.6 Å². The Hall–Kier alpha value is -2.62. The molecule has 0 amide bonds. The third kappa shape index (κ3) is 2.30. The maximum absolute atomic E-state index is 13.1. The summed E-state index contributed by atoms with van der Waals surface area (Å²) in [4.78, 5) is 12.1. The molecule has 4 heteroatoms. The van der Waals surface area contributed by atoms with Crippen molar-refractivity contribution in [1.82, 2.24) is 0 Å². The fourth-order valence-electron chi connectivity index (χ4n) is 3.43. The monoisotopic (exact) mass is 326 g/mol. The van der Waals surface area contributed by atoms with Crippen LogP contribution in [0, 0.1) is 0 Å². The number of hydrogen-bond acceptors (Lipinski definition) is 1. The number of benzene rings is 3. The Bertz CT molecular complexity index is 956. The van der Waals surface area contributed by atoms with Crippen LogP contribution in [0.3, 0.4) is 0 Å². The lowest BCUT2D eigenvalue weighted by atomic mass is 9.90. The summed E-state index contributed by atoms with van der Waals surface area (Å²) in [5.74, 6) is 0.0592. The topological polar surface area (TPSA) is 17.1 Å². The number of halogens is 3. The normalized spacial score (nSPS) is 14.2. The van der Waals surface area contributed by atoms with E-state index in [1.54, 1.807) is 6.07 Å². The van der Waals surface area contributed by atoms with Crippen LogP contribution in [0.25, 0.3) is 21.9 Å². The fraction of sp³-hybridized carbons (Fsp3) is 0.150. The van der Waals surface area contributed by atoms with E-state index < -0.39 is 11.7 Å². The van der Waals surface area contributed by atoms with E-state index in [4.69, 9.17) is 0 Å². The molecule has 0 spiro atoms. The van der Waals surface area contributed by atoms with Crippen LogP contribution in [0.1, 0.15) is 27.9 Å². The molecular weight excluding hydrogens is 313 g/mol. The van der Waals surface area contributed by atoms with E-state index in [1.807, 2.05) is 30.3 Å². The van der Waals surface area contributed by atoms with E-state index in [0.717, 1.165) is 22.8 Å². The molecule has 0 fully saturated rings. The Morgan fingerprint density at radius 3 is 2.33 bits per heavy atom. The molecule has 4 rings (SSSR count). The fourth-order valence-corrected chi connectivity index (χ4v) is 3.43. The van der Waals surface area contributed by atoms with Gasteiger partial charge in [-0.05, 0) is 52.1 Å². The molecule has 1 nitrogen and oxygen atoms in total. The second-order valence-corrected chi connectivity index (χ2v) is 6.00. The van der Waals surface area contributed by atoms with Gasteiger partial charge in [-0.15, -0.1) is 0 Å². The van der Waals surface area contributed by atoms with Crippen LogP contribution < -0.4 is 0 Å². The average molecular weight is 326 g/mol. The number of rotatable bonds is 1. The summed E-state index contributed by atoms with van der Waals surface area (Å²) >= 11 is 0. The average Bonchev–Trinajstić information content (AvgIpc) is 2.93. The van der Waals surface area contributed by atoms with Crippen LogP contribution in [0.5, 0.6) is 0 Å². The summed E-state index contributed by atoms with van der Waals surface area (Å²) in [5, 5.41) is 1.21. The zero-order valence-electron chi connectivity index (χ0n) is 12.7. The highest BCUT2D eigenvalue weighted by molar-refractivity contribution is 6.10. The summed E-state index contributed by atoms with van der Waals surface area (Å²) in [6, 6.07) is 14.8. The SMILES string of the molecule is O=C1CCc2c1cc1ccc(C(F)(F)F)cc1c2-c1ccccc1. The first kappa shape index (κ1) is 14.9. The van der Waals surface area contributed by atoms with Crippen molar-refractivity contribution in [2.45, 2.75) is 19.0 Å². The first-order valence-electron chi connectivity index (χ1n) is 7.70. The van der Waals surface area contributed by atoms with Crippen molar-refractivity contribution in [1.29, 1.82) is 0 Å². The van der Waals surface area contributed by atoms with Gasteiger partial charge in [-0.25, -0.2) is 0 Å². The summed E-state index contributed by atoms with van der Waals surface area (Å²) in [7, 11) is 0. The zero-order valence-corrected chi connectivity index (χ0v) is 12.7. The van der Waals surface area contributed by atoms with Crippen LogP contribution in [0.2, 0.25) is 0 Å². The molecule has 3 aromatic rings. The van der Waals surface area contributed by atoms with Crippen LogP contribution in [-0.4, -0.2) is 5.78 Å². The van der Waals surface area contributed by atoms with Gasteiger partial charge in [-0.3, -0.25) is 4.79 Å². The number of Topliss-reactive ketones (excluding diaryl/α,β-unsaturated/α-hetero) is 1. The zero-order chi connectivity index (χ0) is 16.9. The Kier molecular flexibility index (Phi) is 3.23. The third-order valence-corrected chi connectivity index (χ3v) is 4.54. The van der Waals surface area contributed by atoms with Gasteiger partial charge in [-0.2, -0.15) is 13.2 Å². The summed E-state index contributed by atoms with van der Waals surface area (Å²) in [5.41, 5.74) is 2.42. The Morgan fingerprint density at radius 1 is 0.875 bits per heavy atom. The molecule has 1 aliphatic carbocycles. The maximum Gasteiger partial charge on any atom is 0.416 e. The van der Waals surface area contributed by atoms with Gasteiger partial charge in [0.2, 0.25) is 0 Å². The third-order valence-electron chi connectivity index (χ3n) is 4.54. The highest BCUT2D eigenvalue weighted by Gasteiger charge is 2.32. The van der Waals surface area contributed by atoms with Gasteiger partial charge in [0.15, 0.2) is 5.78 Å². The second-order valence-electron chi connectivity index (χ2n) is 6.00. The number of ketones is 1. The van der Waals surface area contributed by atoms with E-state index >= 15 is 0 Å². The number of hydrogen-bond donors (Lipinski definition) is 0. The lowest BCUT2D eigenvalue weighted by Crippen LogP contribution is -2.05. The quantitative estimate of drug-likeness (QED) is 0.564. The number of carbonyl (C=O) groups is 1. The van der Waals surface area contributed by atoms with Gasteiger partial charge in [0.25, 0.3) is 0 Å². The predicted molar refractivity (Wildman–Crippen MR) is 87.0 cm³/mol. The van der Waals surface area contributed by atoms with Crippen LogP contribution >= 0.6 is 0 Å². The molecular formula is C20H13F3O. The highest BCUT2D eigenvalue weighted by atomic mass is 19.4. The van der Waals surface area contributed by atoms with Gasteiger partial charge in [0.1, 0.15) is 0 Å². The van der Waals surface area contributed by atoms with Crippen molar-refractivity contribution in [2.75, 3.05) is 0 Å². The van der Waals surface area contributed by atoms with Crippen LogP contribution in [0.4, 0.5) is 13.2 Å². The largest absolute Gasteiger partial charge is 0.416 e. The molecule has 0 saturated carbocycles. The van der Waals surface area contributed by atoms with Crippen molar-refractivity contribution in [3.05, 3.63) is 71.3 Å². The number of alkyl halides is 3. The molecule has 3 aromatic carbocycles. The van der Waals surface area contributed by atoms with Gasteiger partial charge in [0.05, 0.1) is 5.56 Å². The van der Waals surface area contributed by atoms with E-state index in [1.165, 1.54) is 12.1 Å². The molecule has 0 unspecified atom stereocenters.